The number of hydrogen-bond donors (Lipinski definition) is 2. The number of carbonyl (C=O) groups excluding carboxylic acids is 1. The van der Waals surface area contributed by atoms with E-state index in [0.29, 0.717) is 13.0 Å². The highest BCUT2D eigenvalue weighted by molar-refractivity contribution is 5.77. The fraction of sp³-hybridized carbons (Fsp3) is 0.533. The lowest BCUT2D eigenvalue weighted by molar-refractivity contribution is -0.133. The van der Waals surface area contributed by atoms with Gasteiger partial charge in [-0.1, -0.05) is 30.3 Å². The Balaban J connectivity index is 1.81. The summed E-state index contributed by atoms with van der Waals surface area (Å²) in [4.78, 5) is 16.3. The molecule has 2 rings (SSSR count). The van der Waals surface area contributed by atoms with Gasteiger partial charge in [-0.15, -0.1) is 0 Å². The quantitative estimate of drug-likeness (QED) is 0.807. The summed E-state index contributed by atoms with van der Waals surface area (Å²) in [6.45, 7) is 3.96. The summed E-state index contributed by atoms with van der Waals surface area (Å²) >= 11 is 0. The Morgan fingerprint density at radius 2 is 1.85 bits per heavy atom. The van der Waals surface area contributed by atoms with Crippen molar-refractivity contribution in [2.45, 2.75) is 12.5 Å². The Morgan fingerprint density at radius 3 is 2.45 bits per heavy atom. The lowest BCUT2D eigenvalue weighted by Crippen LogP contribution is -2.49. The van der Waals surface area contributed by atoms with Gasteiger partial charge in [0.05, 0.1) is 6.61 Å². The number of hydrogen-bond acceptors (Lipinski definition) is 4. The molecule has 0 spiro atoms. The topological polar surface area (TPSA) is 69.8 Å². The average Bonchev–Trinajstić information content (AvgIpc) is 2.49. The monoisotopic (exact) mass is 277 g/mol. The summed E-state index contributed by atoms with van der Waals surface area (Å²) in [6.07, 6.45) is 0.351. The van der Waals surface area contributed by atoms with Crippen molar-refractivity contribution >= 4 is 5.91 Å². The van der Waals surface area contributed by atoms with Gasteiger partial charge in [0.25, 0.3) is 0 Å². The molecule has 1 saturated heterocycles. The molecule has 1 aromatic carbocycles. The Labute approximate surface area is 120 Å². The fourth-order valence-electron chi connectivity index (χ4n) is 2.50. The van der Waals surface area contributed by atoms with Gasteiger partial charge in [-0.2, -0.15) is 0 Å². The molecule has 110 valence electrons. The number of benzene rings is 1. The highest BCUT2D eigenvalue weighted by atomic mass is 16.3. The van der Waals surface area contributed by atoms with Crippen molar-refractivity contribution in [2.24, 2.45) is 5.73 Å². The van der Waals surface area contributed by atoms with Gasteiger partial charge in [-0.3, -0.25) is 9.69 Å². The van der Waals surface area contributed by atoms with Gasteiger partial charge in [-0.25, -0.2) is 0 Å². The lowest BCUT2D eigenvalue weighted by atomic mass is 10.0. The molecule has 0 aromatic heterocycles. The van der Waals surface area contributed by atoms with Crippen LogP contribution in [-0.2, 0) is 4.79 Å². The average molecular weight is 277 g/mol. The number of aliphatic hydroxyl groups excluding tert-OH is 1. The van der Waals surface area contributed by atoms with Gasteiger partial charge in [0.15, 0.2) is 0 Å². The normalized spacial score (nSPS) is 18.0. The number of carbonyl (C=O) groups is 1. The lowest BCUT2D eigenvalue weighted by Gasteiger charge is -2.34. The number of rotatable bonds is 5. The molecule has 1 aliphatic heterocycles. The highest BCUT2D eigenvalue weighted by Crippen LogP contribution is 2.15. The molecular formula is C15H23N3O2. The number of amides is 1. The molecule has 1 unspecified atom stereocenters. The predicted octanol–water partition coefficient (Wildman–Crippen LogP) is 0.213. The molecule has 0 saturated carbocycles. The summed E-state index contributed by atoms with van der Waals surface area (Å²) < 4.78 is 0. The maximum absolute atomic E-state index is 12.2. The van der Waals surface area contributed by atoms with Crippen LogP contribution in [0.2, 0.25) is 0 Å². The van der Waals surface area contributed by atoms with E-state index in [9.17, 15) is 4.79 Å². The largest absolute Gasteiger partial charge is 0.395 e. The van der Waals surface area contributed by atoms with Crippen molar-refractivity contribution < 1.29 is 9.90 Å². The zero-order valence-electron chi connectivity index (χ0n) is 11.7. The van der Waals surface area contributed by atoms with Crippen molar-refractivity contribution in [1.82, 2.24) is 9.80 Å². The van der Waals surface area contributed by atoms with Gasteiger partial charge in [-0.05, 0) is 5.56 Å². The van der Waals surface area contributed by atoms with E-state index < -0.39 is 0 Å². The molecule has 20 heavy (non-hydrogen) atoms. The van der Waals surface area contributed by atoms with E-state index in [0.717, 1.165) is 31.7 Å². The third kappa shape index (κ3) is 4.03. The third-order valence-electron chi connectivity index (χ3n) is 3.76. The SMILES string of the molecule is NC(CC(=O)N1CCN(CCO)CC1)c1ccccc1. The number of nitrogens with two attached hydrogens (primary N) is 1. The van der Waals surface area contributed by atoms with Crippen LogP contribution >= 0.6 is 0 Å². The van der Waals surface area contributed by atoms with Crippen LogP contribution in [0.4, 0.5) is 0 Å². The number of aliphatic hydroxyl groups is 1. The molecule has 3 N–H and O–H groups in total. The van der Waals surface area contributed by atoms with Crippen LogP contribution in [0.25, 0.3) is 0 Å². The molecule has 1 atom stereocenters. The smallest absolute Gasteiger partial charge is 0.224 e. The Bertz CT molecular complexity index is 416. The predicted molar refractivity (Wildman–Crippen MR) is 78.1 cm³/mol. The van der Waals surface area contributed by atoms with E-state index in [1.165, 1.54) is 0 Å². The van der Waals surface area contributed by atoms with Crippen LogP contribution in [-0.4, -0.2) is 60.1 Å². The molecule has 5 nitrogen and oxygen atoms in total. The number of piperazine rings is 1. The van der Waals surface area contributed by atoms with Crippen LogP contribution in [0, 0.1) is 0 Å². The van der Waals surface area contributed by atoms with E-state index in [1.54, 1.807) is 0 Å². The van der Waals surface area contributed by atoms with E-state index in [-0.39, 0.29) is 18.6 Å². The number of β-amino-alcohol motifs (C(OH)–C–C–N with tert-alkyl or cyclic N) is 1. The minimum atomic E-state index is -0.237. The van der Waals surface area contributed by atoms with Crippen molar-refractivity contribution in [3.05, 3.63) is 35.9 Å². The van der Waals surface area contributed by atoms with E-state index in [2.05, 4.69) is 4.90 Å². The van der Waals surface area contributed by atoms with Gasteiger partial charge in [0, 0.05) is 45.2 Å². The van der Waals surface area contributed by atoms with Crippen molar-refractivity contribution in [1.29, 1.82) is 0 Å². The second-order valence-corrected chi connectivity index (χ2v) is 5.17. The first-order chi connectivity index (χ1) is 9.70. The molecule has 1 aliphatic rings. The number of nitrogens with zero attached hydrogens (tertiary/aromatic N) is 2. The van der Waals surface area contributed by atoms with Crippen LogP contribution in [0.5, 0.6) is 0 Å². The standard InChI is InChI=1S/C15H23N3O2/c16-14(13-4-2-1-3-5-13)12-15(20)18-8-6-17(7-9-18)10-11-19/h1-5,14,19H,6-12,16H2. The van der Waals surface area contributed by atoms with Crippen molar-refractivity contribution in [3.63, 3.8) is 0 Å². The summed E-state index contributed by atoms with van der Waals surface area (Å²) in [5, 5.41) is 8.90. The molecule has 5 heteroatoms. The molecule has 1 heterocycles. The first kappa shape index (κ1) is 15.0. The van der Waals surface area contributed by atoms with E-state index in [4.69, 9.17) is 10.8 Å². The summed E-state index contributed by atoms with van der Waals surface area (Å²) in [5.74, 6) is 0.116. The molecule has 1 aromatic rings. The Hall–Kier alpha value is -1.43. The highest BCUT2D eigenvalue weighted by Gasteiger charge is 2.22. The second kappa shape index (κ2) is 7.38. The van der Waals surface area contributed by atoms with Gasteiger partial charge in [0.2, 0.25) is 5.91 Å². The minimum absolute atomic E-state index is 0.116. The van der Waals surface area contributed by atoms with Crippen LogP contribution in [0.15, 0.2) is 30.3 Å². The molecular weight excluding hydrogens is 254 g/mol. The summed E-state index contributed by atoms with van der Waals surface area (Å²) in [6, 6.07) is 9.49. The minimum Gasteiger partial charge on any atom is -0.395 e. The van der Waals surface area contributed by atoms with E-state index in [1.807, 2.05) is 35.2 Å². The van der Waals surface area contributed by atoms with Gasteiger partial charge >= 0.3 is 0 Å². The molecule has 0 bridgehead atoms. The maximum Gasteiger partial charge on any atom is 0.224 e. The van der Waals surface area contributed by atoms with Crippen LogP contribution in [0.3, 0.4) is 0 Å². The van der Waals surface area contributed by atoms with Crippen LogP contribution < -0.4 is 5.73 Å². The maximum atomic E-state index is 12.2. The van der Waals surface area contributed by atoms with Crippen molar-refractivity contribution in [3.8, 4) is 0 Å². The Kier molecular flexibility index (Phi) is 5.52. The summed E-state index contributed by atoms with van der Waals surface area (Å²) in [7, 11) is 0. The molecule has 0 radical (unpaired) electrons. The van der Waals surface area contributed by atoms with Crippen molar-refractivity contribution in [2.75, 3.05) is 39.3 Å². The molecule has 1 amide bonds. The fourth-order valence-corrected chi connectivity index (χ4v) is 2.50. The summed E-state index contributed by atoms with van der Waals surface area (Å²) in [5.41, 5.74) is 7.09. The molecule has 1 fully saturated rings. The zero-order valence-corrected chi connectivity index (χ0v) is 11.7. The van der Waals surface area contributed by atoms with E-state index >= 15 is 0 Å². The molecule has 0 aliphatic carbocycles. The zero-order chi connectivity index (χ0) is 14.4. The first-order valence-corrected chi connectivity index (χ1v) is 7.12. The van der Waals surface area contributed by atoms with Crippen LogP contribution in [0.1, 0.15) is 18.0 Å². The third-order valence-corrected chi connectivity index (χ3v) is 3.76. The van der Waals surface area contributed by atoms with Gasteiger partial charge < -0.3 is 15.7 Å². The first-order valence-electron chi connectivity index (χ1n) is 7.12. The second-order valence-electron chi connectivity index (χ2n) is 5.17. The van der Waals surface area contributed by atoms with Gasteiger partial charge in [0.1, 0.15) is 0 Å². The Morgan fingerprint density at radius 1 is 1.20 bits per heavy atom.